The minimum absolute atomic E-state index is 0.925. The van der Waals surface area contributed by atoms with E-state index in [9.17, 15) is 0 Å². The maximum atomic E-state index is 2.40. The molecule has 0 aromatic heterocycles. The van der Waals surface area contributed by atoms with Crippen LogP contribution in [-0.2, 0) is 0 Å². The Morgan fingerprint density at radius 3 is 2.20 bits per heavy atom. The van der Waals surface area contributed by atoms with Crippen LogP contribution in [0.3, 0.4) is 0 Å². The molecule has 4 unspecified atom stereocenters. The van der Waals surface area contributed by atoms with E-state index in [1.165, 1.54) is 12.8 Å². The summed E-state index contributed by atoms with van der Waals surface area (Å²) in [6.45, 7) is 2.40. The van der Waals surface area contributed by atoms with Crippen molar-refractivity contribution in [3.05, 3.63) is 0 Å². The molecule has 4 atom stereocenters. The van der Waals surface area contributed by atoms with Crippen molar-refractivity contribution in [2.24, 2.45) is 17.8 Å². The third-order valence-corrected chi connectivity index (χ3v) is 3.53. The summed E-state index contributed by atoms with van der Waals surface area (Å²) in [6.07, 6.45) is 2.98. The third-order valence-electron chi connectivity index (χ3n) is 3.53. The molecule has 2 saturated carbocycles. The van der Waals surface area contributed by atoms with E-state index in [4.69, 9.17) is 0 Å². The van der Waals surface area contributed by atoms with Crippen LogP contribution in [0.4, 0.5) is 0 Å². The summed E-state index contributed by atoms with van der Waals surface area (Å²) in [5.41, 5.74) is 0. The molecule has 0 aromatic carbocycles. The zero-order valence-corrected chi connectivity index (χ0v) is 7.17. The highest BCUT2D eigenvalue weighted by Crippen LogP contribution is 2.55. The Morgan fingerprint density at radius 2 is 1.90 bits per heavy atom. The fourth-order valence-electron chi connectivity index (χ4n) is 2.83. The normalized spacial score (nSPS) is 51.6. The van der Waals surface area contributed by atoms with E-state index in [2.05, 4.69) is 25.9 Å². The first-order valence-corrected chi connectivity index (χ1v) is 4.36. The van der Waals surface area contributed by atoms with Crippen molar-refractivity contribution in [1.82, 2.24) is 4.90 Å². The maximum Gasteiger partial charge on any atom is 0.0125 e. The Labute approximate surface area is 63.4 Å². The number of rotatable bonds is 1. The van der Waals surface area contributed by atoms with Crippen LogP contribution in [0.1, 0.15) is 19.8 Å². The highest BCUT2D eigenvalue weighted by molar-refractivity contribution is 5.04. The lowest BCUT2D eigenvalue weighted by molar-refractivity contribution is -0.0918. The van der Waals surface area contributed by atoms with Crippen LogP contribution in [0, 0.1) is 17.8 Å². The number of hydrogen-bond donors (Lipinski definition) is 0. The molecule has 0 spiro atoms. The Kier molecular flexibility index (Phi) is 1.31. The second-order valence-corrected chi connectivity index (χ2v) is 4.32. The quantitative estimate of drug-likeness (QED) is 0.533. The first-order chi connectivity index (χ1) is 4.70. The maximum absolute atomic E-state index is 2.40. The van der Waals surface area contributed by atoms with E-state index in [1.807, 2.05) is 0 Å². The van der Waals surface area contributed by atoms with Gasteiger partial charge < -0.3 is 4.90 Å². The highest BCUT2D eigenvalue weighted by atomic mass is 15.1. The van der Waals surface area contributed by atoms with Crippen molar-refractivity contribution in [2.45, 2.75) is 25.8 Å². The number of hydrogen-bond acceptors (Lipinski definition) is 1. The zero-order chi connectivity index (χ0) is 7.30. The summed E-state index contributed by atoms with van der Waals surface area (Å²) in [5.74, 6) is 3.20. The summed E-state index contributed by atoms with van der Waals surface area (Å²) in [5, 5.41) is 0. The van der Waals surface area contributed by atoms with Gasteiger partial charge in [0.25, 0.3) is 0 Å². The van der Waals surface area contributed by atoms with Gasteiger partial charge in [0.2, 0.25) is 0 Å². The second kappa shape index (κ2) is 1.97. The summed E-state index contributed by atoms with van der Waals surface area (Å²) in [7, 11) is 4.43. The first-order valence-electron chi connectivity index (χ1n) is 4.36. The first kappa shape index (κ1) is 6.66. The lowest BCUT2D eigenvalue weighted by Crippen LogP contribution is -2.59. The van der Waals surface area contributed by atoms with E-state index in [1.54, 1.807) is 0 Å². The molecular weight excluding hydrogens is 122 g/mol. The Balaban J connectivity index is 1.93. The fourth-order valence-corrected chi connectivity index (χ4v) is 2.83. The SMILES string of the molecule is CC1CC2CC(N(C)C)C12. The molecule has 0 amide bonds. The van der Waals surface area contributed by atoms with Crippen LogP contribution in [-0.4, -0.2) is 25.0 Å². The monoisotopic (exact) mass is 139 g/mol. The van der Waals surface area contributed by atoms with Crippen molar-refractivity contribution in [3.8, 4) is 0 Å². The Morgan fingerprint density at radius 1 is 1.20 bits per heavy atom. The van der Waals surface area contributed by atoms with Gasteiger partial charge in [-0.25, -0.2) is 0 Å². The summed E-state index contributed by atoms with van der Waals surface area (Å²) in [6, 6.07) is 0.925. The molecule has 0 bridgehead atoms. The topological polar surface area (TPSA) is 3.24 Å². The van der Waals surface area contributed by atoms with Gasteiger partial charge in [0.05, 0.1) is 0 Å². The minimum Gasteiger partial charge on any atom is -0.306 e. The van der Waals surface area contributed by atoms with Gasteiger partial charge in [-0.1, -0.05) is 6.92 Å². The van der Waals surface area contributed by atoms with Gasteiger partial charge in [-0.05, 0) is 44.7 Å². The molecular formula is C9H17N. The molecule has 0 heterocycles. The van der Waals surface area contributed by atoms with Crippen LogP contribution in [0.15, 0.2) is 0 Å². The van der Waals surface area contributed by atoms with Crippen LogP contribution in [0.25, 0.3) is 0 Å². The van der Waals surface area contributed by atoms with E-state index in [-0.39, 0.29) is 0 Å². The third kappa shape index (κ3) is 0.672. The molecule has 0 saturated heterocycles. The van der Waals surface area contributed by atoms with Gasteiger partial charge >= 0.3 is 0 Å². The summed E-state index contributed by atoms with van der Waals surface area (Å²) >= 11 is 0. The van der Waals surface area contributed by atoms with E-state index < -0.39 is 0 Å². The molecule has 10 heavy (non-hydrogen) atoms. The number of nitrogens with zero attached hydrogens (tertiary/aromatic N) is 1. The second-order valence-electron chi connectivity index (χ2n) is 4.32. The van der Waals surface area contributed by atoms with E-state index in [0.29, 0.717) is 0 Å². The predicted molar refractivity (Wildman–Crippen MR) is 42.9 cm³/mol. The van der Waals surface area contributed by atoms with Gasteiger partial charge in [0, 0.05) is 6.04 Å². The average molecular weight is 139 g/mol. The smallest absolute Gasteiger partial charge is 0.0125 e. The van der Waals surface area contributed by atoms with Gasteiger partial charge in [0.15, 0.2) is 0 Å². The molecule has 2 rings (SSSR count). The van der Waals surface area contributed by atoms with E-state index in [0.717, 1.165) is 23.8 Å². The molecule has 1 nitrogen and oxygen atoms in total. The molecule has 58 valence electrons. The molecule has 2 fully saturated rings. The Hall–Kier alpha value is -0.0400. The molecule has 1 heteroatoms. The summed E-state index contributed by atoms with van der Waals surface area (Å²) < 4.78 is 0. The van der Waals surface area contributed by atoms with Gasteiger partial charge in [-0.3, -0.25) is 0 Å². The van der Waals surface area contributed by atoms with Crippen LogP contribution in [0.5, 0.6) is 0 Å². The molecule has 2 aliphatic carbocycles. The van der Waals surface area contributed by atoms with Crippen molar-refractivity contribution < 1.29 is 0 Å². The molecule has 0 aliphatic heterocycles. The van der Waals surface area contributed by atoms with Crippen LogP contribution in [0.2, 0.25) is 0 Å². The van der Waals surface area contributed by atoms with Crippen molar-refractivity contribution >= 4 is 0 Å². The van der Waals surface area contributed by atoms with E-state index >= 15 is 0 Å². The predicted octanol–water partition coefficient (Wildman–Crippen LogP) is 1.59. The van der Waals surface area contributed by atoms with Crippen molar-refractivity contribution in [3.63, 3.8) is 0 Å². The minimum atomic E-state index is 0.925. The summed E-state index contributed by atoms with van der Waals surface area (Å²) in [4.78, 5) is 2.40. The zero-order valence-electron chi connectivity index (χ0n) is 7.17. The van der Waals surface area contributed by atoms with Crippen molar-refractivity contribution in [1.29, 1.82) is 0 Å². The molecule has 0 aromatic rings. The highest BCUT2D eigenvalue weighted by Gasteiger charge is 2.52. The average Bonchev–Trinajstić information content (AvgIpc) is 1.79. The Bertz CT molecular complexity index is 132. The molecule has 0 N–H and O–H groups in total. The van der Waals surface area contributed by atoms with Gasteiger partial charge in [-0.2, -0.15) is 0 Å². The largest absolute Gasteiger partial charge is 0.306 e. The van der Waals surface area contributed by atoms with Crippen LogP contribution < -0.4 is 0 Å². The standard InChI is InChI=1S/C9H17N/c1-6-4-7-5-8(9(6)7)10(2)3/h6-9H,4-5H2,1-3H3. The van der Waals surface area contributed by atoms with Crippen LogP contribution >= 0.6 is 0 Å². The van der Waals surface area contributed by atoms with Crippen molar-refractivity contribution in [2.75, 3.05) is 14.1 Å². The molecule has 2 aliphatic rings. The fraction of sp³-hybridized carbons (Fsp3) is 1.00. The number of fused-ring (bicyclic) bond motifs is 1. The lowest BCUT2D eigenvalue weighted by Gasteiger charge is -2.59. The van der Waals surface area contributed by atoms with Gasteiger partial charge in [-0.15, -0.1) is 0 Å². The molecule has 0 radical (unpaired) electrons. The van der Waals surface area contributed by atoms with Gasteiger partial charge in [0.1, 0.15) is 0 Å². The lowest BCUT2D eigenvalue weighted by atomic mass is 9.51.